The van der Waals surface area contributed by atoms with Gasteiger partial charge in [-0.05, 0) is 12.8 Å². The minimum absolute atomic E-state index is 0.0660. The molecule has 4 heterocycles. The third kappa shape index (κ3) is 2.59. The molecule has 0 N–H and O–H groups in total. The fraction of sp³-hybridized carbons (Fsp3) is 0.625. The molecular weight excluding hydrogens is 296 g/mol. The molecule has 3 aliphatic rings. The average Bonchev–Trinajstić information content (AvgIpc) is 3.16. The fourth-order valence-corrected chi connectivity index (χ4v) is 3.91. The summed E-state index contributed by atoms with van der Waals surface area (Å²) in [6, 6.07) is 0. The van der Waals surface area contributed by atoms with E-state index in [1.165, 1.54) is 6.33 Å². The number of amides is 2. The quantitative estimate of drug-likeness (QED) is 0.786. The van der Waals surface area contributed by atoms with Crippen molar-refractivity contribution in [1.82, 2.24) is 14.9 Å². The summed E-state index contributed by atoms with van der Waals surface area (Å²) in [5.41, 5.74) is 0.745. The van der Waals surface area contributed by atoms with E-state index in [2.05, 4.69) is 9.97 Å². The third-order valence-electron chi connectivity index (χ3n) is 5.18. The Labute approximate surface area is 134 Å². The first-order valence-electron chi connectivity index (χ1n) is 8.17. The Morgan fingerprint density at radius 3 is 2.57 bits per heavy atom. The van der Waals surface area contributed by atoms with Gasteiger partial charge in [0.1, 0.15) is 6.33 Å². The highest BCUT2D eigenvalue weighted by Crippen LogP contribution is 2.35. The number of hydrogen-bond acceptors (Lipinski definition) is 5. The molecule has 0 bridgehead atoms. The summed E-state index contributed by atoms with van der Waals surface area (Å²) in [5.74, 6) is 0.485. The second-order valence-electron chi connectivity index (χ2n) is 6.54. The van der Waals surface area contributed by atoms with Gasteiger partial charge in [0.25, 0.3) is 0 Å². The first-order chi connectivity index (χ1) is 11.2. The summed E-state index contributed by atoms with van der Waals surface area (Å²) in [5, 5.41) is 0. The third-order valence-corrected chi connectivity index (χ3v) is 5.18. The van der Waals surface area contributed by atoms with Gasteiger partial charge in [-0.1, -0.05) is 0 Å². The standard InChI is InChI=1S/C16H20N4O3/c21-15(11-1-3-23-4-2-11)19-7-12-8-20(16(22)14(12)9-19)13-5-17-10-18-6-13/h5-6,10-12,14H,1-4,7-9H2/t12-,14-/m0/s1. The molecule has 1 aromatic rings. The van der Waals surface area contributed by atoms with Crippen LogP contribution in [0.2, 0.25) is 0 Å². The Hall–Kier alpha value is -2.02. The van der Waals surface area contributed by atoms with Gasteiger partial charge in [-0.2, -0.15) is 0 Å². The van der Waals surface area contributed by atoms with E-state index in [4.69, 9.17) is 4.74 Å². The highest BCUT2D eigenvalue weighted by Gasteiger charge is 2.48. The maximum absolute atomic E-state index is 12.6. The molecule has 0 saturated carbocycles. The van der Waals surface area contributed by atoms with Gasteiger partial charge in [0.15, 0.2) is 0 Å². The molecule has 23 heavy (non-hydrogen) atoms. The van der Waals surface area contributed by atoms with Crippen LogP contribution in [0.1, 0.15) is 12.8 Å². The van der Waals surface area contributed by atoms with Crippen LogP contribution in [0, 0.1) is 17.8 Å². The monoisotopic (exact) mass is 316 g/mol. The van der Waals surface area contributed by atoms with Crippen molar-refractivity contribution in [1.29, 1.82) is 0 Å². The van der Waals surface area contributed by atoms with Gasteiger partial charge in [0, 0.05) is 44.7 Å². The number of likely N-dealkylation sites (tertiary alicyclic amines) is 1. The number of nitrogens with zero attached hydrogens (tertiary/aromatic N) is 4. The second kappa shape index (κ2) is 5.88. The summed E-state index contributed by atoms with van der Waals surface area (Å²) in [4.78, 5) is 36.9. The fourth-order valence-electron chi connectivity index (χ4n) is 3.91. The Bertz CT molecular complexity index is 603. The lowest BCUT2D eigenvalue weighted by Crippen LogP contribution is -2.40. The first-order valence-corrected chi connectivity index (χ1v) is 8.17. The molecule has 0 radical (unpaired) electrons. The van der Waals surface area contributed by atoms with Crippen molar-refractivity contribution in [3.05, 3.63) is 18.7 Å². The molecule has 7 heteroatoms. The van der Waals surface area contributed by atoms with Crippen molar-refractivity contribution < 1.29 is 14.3 Å². The summed E-state index contributed by atoms with van der Waals surface area (Å²) < 4.78 is 5.32. The summed E-state index contributed by atoms with van der Waals surface area (Å²) >= 11 is 0. The molecule has 0 aromatic carbocycles. The van der Waals surface area contributed by atoms with E-state index in [0.717, 1.165) is 18.5 Å². The lowest BCUT2D eigenvalue weighted by atomic mass is 9.99. The van der Waals surface area contributed by atoms with Gasteiger partial charge in [-0.3, -0.25) is 9.59 Å². The van der Waals surface area contributed by atoms with Crippen LogP contribution in [0.3, 0.4) is 0 Å². The van der Waals surface area contributed by atoms with Gasteiger partial charge in [-0.25, -0.2) is 9.97 Å². The van der Waals surface area contributed by atoms with E-state index in [9.17, 15) is 9.59 Å². The van der Waals surface area contributed by atoms with Crippen LogP contribution < -0.4 is 4.90 Å². The van der Waals surface area contributed by atoms with E-state index < -0.39 is 0 Å². The predicted molar refractivity (Wildman–Crippen MR) is 81.5 cm³/mol. The van der Waals surface area contributed by atoms with Crippen LogP contribution in [0.5, 0.6) is 0 Å². The normalized spacial score (nSPS) is 28.3. The van der Waals surface area contributed by atoms with E-state index in [1.807, 2.05) is 4.90 Å². The number of fused-ring (bicyclic) bond motifs is 1. The Kier molecular flexibility index (Phi) is 3.72. The first kappa shape index (κ1) is 14.6. The number of hydrogen-bond donors (Lipinski definition) is 0. The molecule has 3 fully saturated rings. The number of carbonyl (C=O) groups excluding carboxylic acids is 2. The molecular formula is C16H20N4O3. The average molecular weight is 316 g/mol. The molecule has 2 atom stereocenters. The molecule has 4 rings (SSSR count). The van der Waals surface area contributed by atoms with E-state index in [0.29, 0.717) is 32.8 Å². The highest BCUT2D eigenvalue weighted by molar-refractivity contribution is 5.98. The van der Waals surface area contributed by atoms with Crippen LogP contribution >= 0.6 is 0 Å². The molecule has 1 aromatic heterocycles. The largest absolute Gasteiger partial charge is 0.381 e. The van der Waals surface area contributed by atoms with Crippen LogP contribution in [-0.2, 0) is 14.3 Å². The number of ether oxygens (including phenoxy) is 1. The van der Waals surface area contributed by atoms with Crippen molar-refractivity contribution >= 4 is 17.5 Å². The summed E-state index contributed by atoms with van der Waals surface area (Å²) in [6.07, 6.45) is 6.38. The van der Waals surface area contributed by atoms with Crippen LogP contribution in [0.4, 0.5) is 5.69 Å². The van der Waals surface area contributed by atoms with Crippen LogP contribution in [0.15, 0.2) is 18.7 Å². The summed E-state index contributed by atoms with van der Waals surface area (Å²) in [6.45, 7) is 3.20. The predicted octanol–water partition coefficient (Wildman–Crippen LogP) is 0.324. The van der Waals surface area contributed by atoms with Crippen LogP contribution in [-0.4, -0.2) is 59.5 Å². The van der Waals surface area contributed by atoms with Crippen molar-refractivity contribution in [3.8, 4) is 0 Å². The summed E-state index contributed by atoms with van der Waals surface area (Å²) in [7, 11) is 0. The van der Waals surface area contributed by atoms with Gasteiger partial charge in [0.05, 0.1) is 24.0 Å². The number of carbonyl (C=O) groups is 2. The lowest BCUT2D eigenvalue weighted by molar-refractivity contribution is -0.137. The molecule has 7 nitrogen and oxygen atoms in total. The van der Waals surface area contributed by atoms with E-state index >= 15 is 0 Å². The maximum atomic E-state index is 12.6. The Balaban J connectivity index is 1.42. The molecule has 122 valence electrons. The SMILES string of the molecule is O=C(C1CCOCC1)N1C[C@H]2CN(c3cncnc3)C(=O)[C@H]2C1. The second-order valence-corrected chi connectivity index (χ2v) is 6.54. The molecule has 3 saturated heterocycles. The highest BCUT2D eigenvalue weighted by atomic mass is 16.5. The molecule has 0 unspecified atom stereocenters. The van der Waals surface area contributed by atoms with Crippen molar-refractivity contribution in [2.24, 2.45) is 17.8 Å². The van der Waals surface area contributed by atoms with Crippen molar-refractivity contribution in [3.63, 3.8) is 0 Å². The smallest absolute Gasteiger partial charge is 0.232 e. The van der Waals surface area contributed by atoms with Gasteiger partial charge in [-0.15, -0.1) is 0 Å². The Morgan fingerprint density at radius 2 is 1.87 bits per heavy atom. The lowest BCUT2D eigenvalue weighted by Gasteiger charge is -2.27. The number of aromatic nitrogens is 2. The zero-order valence-electron chi connectivity index (χ0n) is 12.9. The van der Waals surface area contributed by atoms with E-state index in [-0.39, 0.29) is 29.6 Å². The van der Waals surface area contributed by atoms with Gasteiger partial charge < -0.3 is 14.5 Å². The topological polar surface area (TPSA) is 75.6 Å². The molecule has 0 spiro atoms. The van der Waals surface area contributed by atoms with Gasteiger partial charge in [0.2, 0.25) is 11.8 Å². The van der Waals surface area contributed by atoms with E-state index in [1.54, 1.807) is 17.3 Å². The molecule has 3 aliphatic heterocycles. The van der Waals surface area contributed by atoms with Crippen molar-refractivity contribution in [2.45, 2.75) is 12.8 Å². The maximum Gasteiger partial charge on any atom is 0.232 e. The zero-order chi connectivity index (χ0) is 15.8. The zero-order valence-corrected chi connectivity index (χ0v) is 12.9. The minimum atomic E-state index is -0.0843. The van der Waals surface area contributed by atoms with Crippen LogP contribution in [0.25, 0.3) is 0 Å². The molecule has 2 amide bonds. The molecule has 0 aliphatic carbocycles. The Morgan fingerprint density at radius 1 is 1.13 bits per heavy atom. The number of anilines is 1. The van der Waals surface area contributed by atoms with Gasteiger partial charge >= 0.3 is 0 Å². The van der Waals surface area contributed by atoms with Crippen molar-refractivity contribution in [2.75, 3.05) is 37.7 Å². The minimum Gasteiger partial charge on any atom is -0.381 e. The number of rotatable bonds is 2.